The highest BCUT2D eigenvalue weighted by atomic mass is 16.5. The number of rotatable bonds is 5. The Bertz CT molecular complexity index is 822. The van der Waals surface area contributed by atoms with Crippen LogP contribution in [0.4, 0.5) is 0 Å². The number of aromatic nitrogens is 2. The van der Waals surface area contributed by atoms with Gasteiger partial charge >= 0.3 is 5.97 Å². The lowest BCUT2D eigenvalue weighted by molar-refractivity contribution is -0.136. The van der Waals surface area contributed by atoms with Crippen LogP contribution in [-0.2, 0) is 9.53 Å². The molecule has 1 saturated carbocycles. The van der Waals surface area contributed by atoms with Crippen molar-refractivity contribution in [2.75, 3.05) is 13.7 Å². The highest BCUT2D eigenvalue weighted by Crippen LogP contribution is 2.27. The normalized spacial score (nSPS) is 20.0. The van der Waals surface area contributed by atoms with Crippen molar-refractivity contribution in [3.63, 3.8) is 0 Å². The van der Waals surface area contributed by atoms with E-state index in [-0.39, 0.29) is 30.0 Å². The first-order chi connectivity index (χ1) is 12.9. The van der Waals surface area contributed by atoms with Crippen LogP contribution in [0.15, 0.2) is 16.8 Å². The number of fused-ring (bicyclic) bond motifs is 1. The number of carbonyl (C=O) groups is 2. The Kier molecular flexibility index (Phi) is 5.77. The van der Waals surface area contributed by atoms with Crippen LogP contribution in [0.5, 0.6) is 0 Å². The fourth-order valence-electron chi connectivity index (χ4n) is 3.52. The topological polar surface area (TPSA) is 85.5 Å². The minimum absolute atomic E-state index is 0.146. The van der Waals surface area contributed by atoms with E-state index >= 15 is 0 Å². The van der Waals surface area contributed by atoms with E-state index in [9.17, 15) is 9.59 Å². The van der Waals surface area contributed by atoms with Gasteiger partial charge in [0.2, 0.25) is 0 Å². The van der Waals surface area contributed by atoms with Gasteiger partial charge in [0.25, 0.3) is 11.6 Å². The van der Waals surface area contributed by atoms with Crippen molar-refractivity contribution in [2.45, 2.75) is 58.4 Å². The average molecular weight is 373 g/mol. The van der Waals surface area contributed by atoms with Crippen molar-refractivity contribution < 1.29 is 18.8 Å². The Labute approximate surface area is 159 Å². The summed E-state index contributed by atoms with van der Waals surface area (Å²) >= 11 is 0. The van der Waals surface area contributed by atoms with Gasteiger partial charge in [0.05, 0.1) is 16.6 Å². The summed E-state index contributed by atoms with van der Waals surface area (Å²) < 4.78 is 10.4. The molecule has 1 aliphatic rings. The van der Waals surface area contributed by atoms with Crippen LogP contribution in [0, 0.1) is 5.92 Å². The first kappa shape index (κ1) is 19.3. The molecule has 0 radical (unpaired) electrons. The van der Waals surface area contributed by atoms with Crippen LogP contribution >= 0.6 is 0 Å². The summed E-state index contributed by atoms with van der Waals surface area (Å²) in [5.41, 5.74) is 1.42. The molecular weight excluding hydrogens is 346 g/mol. The third kappa shape index (κ3) is 4.28. The number of hydrogen-bond donors (Lipinski definition) is 0. The number of pyridine rings is 1. The third-order valence-electron chi connectivity index (χ3n) is 5.39. The maximum Gasteiger partial charge on any atom is 0.340 e. The summed E-state index contributed by atoms with van der Waals surface area (Å²) in [5, 5.41) is 4.69. The van der Waals surface area contributed by atoms with Crippen LogP contribution in [0.1, 0.15) is 68.4 Å². The Morgan fingerprint density at radius 3 is 2.67 bits per heavy atom. The maximum absolute atomic E-state index is 12.4. The Balaban J connectivity index is 1.61. The van der Waals surface area contributed by atoms with E-state index in [1.165, 1.54) is 6.20 Å². The lowest BCUT2D eigenvalue weighted by atomic mass is 9.87. The summed E-state index contributed by atoms with van der Waals surface area (Å²) in [6.45, 7) is 5.95. The number of amides is 1. The molecule has 7 nitrogen and oxygen atoms in total. The van der Waals surface area contributed by atoms with E-state index in [1.54, 1.807) is 18.0 Å². The molecule has 0 spiro atoms. The molecule has 1 fully saturated rings. The second-order valence-corrected chi connectivity index (χ2v) is 7.79. The summed E-state index contributed by atoms with van der Waals surface area (Å²) in [7, 11) is 1.79. The molecule has 0 saturated heterocycles. The van der Waals surface area contributed by atoms with E-state index in [0.29, 0.717) is 11.1 Å². The molecule has 2 aromatic heterocycles. The second-order valence-electron chi connectivity index (χ2n) is 7.79. The van der Waals surface area contributed by atoms with Gasteiger partial charge in [0.1, 0.15) is 0 Å². The predicted octanol–water partition coefficient (Wildman–Crippen LogP) is 3.54. The Morgan fingerprint density at radius 1 is 1.30 bits per heavy atom. The predicted molar refractivity (Wildman–Crippen MR) is 100 cm³/mol. The van der Waals surface area contributed by atoms with Gasteiger partial charge in [-0.25, -0.2) is 9.78 Å². The number of carbonyl (C=O) groups excluding carboxylic acids is 2. The molecule has 2 heterocycles. The summed E-state index contributed by atoms with van der Waals surface area (Å²) in [6.07, 6.45) is 5.65. The molecule has 2 aromatic rings. The van der Waals surface area contributed by atoms with E-state index in [0.717, 1.165) is 37.3 Å². The maximum atomic E-state index is 12.4. The number of nitrogens with zero attached hydrogens (tertiary/aromatic N) is 3. The van der Waals surface area contributed by atoms with E-state index in [4.69, 9.17) is 9.26 Å². The lowest BCUT2D eigenvalue weighted by Gasteiger charge is -2.33. The zero-order valence-corrected chi connectivity index (χ0v) is 16.4. The van der Waals surface area contributed by atoms with Crippen LogP contribution in [0.2, 0.25) is 0 Å². The minimum Gasteiger partial charge on any atom is -0.452 e. The summed E-state index contributed by atoms with van der Waals surface area (Å²) in [4.78, 5) is 30.6. The van der Waals surface area contributed by atoms with E-state index in [2.05, 4.69) is 17.1 Å². The van der Waals surface area contributed by atoms with Crippen molar-refractivity contribution in [3.8, 4) is 0 Å². The fourth-order valence-corrected chi connectivity index (χ4v) is 3.52. The quantitative estimate of drug-likeness (QED) is 0.745. The van der Waals surface area contributed by atoms with Gasteiger partial charge in [-0.2, -0.15) is 0 Å². The van der Waals surface area contributed by atoms with E-state index < -0.39 is 5.97 Å². The van der Waals surface area contributed by atoms with E-state index in [1.807, 2.05) is 13.8 Å². The third-order valence-corrected chi connectivity index (χ3v) is 5.39. The first-order valence-corrected chi connectivity index (χ1v) is 9.55. The highest BCUT2D eigenvalue weighted by Gasteiger charge is 2.25. The summed E-state index contributed by atoms with van der Waals surface area (Å²) in [5.74, 6) is 0.120. The van der Waals surface area contributed by atoms with Gasteiger partial charge in [0, 0.05) is 19.3 Å². The van der Waals surface area contributed by atoms with Crippen LogP contribution in [0.25, 0.3) is 11.1 Å². The van der Waals surface area contributed by atoms with Crippen LogP contribution < -0.4 is 0 Å². The van der Waals surface area contributed by atoms with Crippen LogP contribution in [0.3, 0.4) is 0 Å². The van der Waals surface area contributed by atoms with Crippen molar-refractivity contribution in [1.82, 2.24) is 15.0 Å². The molecule has 0 aromatic carbocycles. The Morgan fingerprint density at radius 2 is 2.00 bits per heavy atom. The molecule has 3 rings (SSSR count). The first-order valence-electron chi connectivity index (χ1n) is 9.55. The van der Waals surface area contributed by atoms with Gasteiger partial charge in [0.15, 0.2) is 6.61 Å². The fraction of sp³-hybridized carbons (Fsp3) is 0.600. The molecule has 0 unspecified atom stereocenters. The number of likely N-dealkylation sites (N-methyl/N-ethyl adjacent to an activating group) is 1. The second kappa shape index (κ2) is 8.06. The van der Waals surface area contributed by atoms with Gasteiger partial charge in [-0.3, -0.25) is 4.79 Å². The van der Waals surface area contributed by atoms with Crippen molar-refractivity contribution in [2.24, 2.45) is 5.92 Å². The zero-order valence-electron chi connectivity index (χ0n) is 16.4. The smallest absolute Gasteiger partial charge is 0.340 e. The van der Waals surface area contributed by atoms with Crippen molar-refractivity contribution in [3.05, 3.63) is 23.5 Å². The van der Waals surface area contributed by atoms with Gasteiger partial charge < -0.3 is 14.2 Å². The largest absolute Gasteiger partial charge is 0.452 e. The van der Waals surface area contributed by atoms with Crippen molar-refractivity contribution in [1.29, 1.82) is 0 Å². The monoisotopic (exact) mass is 373 g/mol. The average Bonchev–Trinajstić information content (AvgIpc) is 3.09. The molecule has 0 bridgehead atoms. The molecule has 146 valence electrons. The SMILES string of the molecule is CC1CCC(N(C)C(=O)COC(=O)c2cnc3onc(C(C)C)c3c2)CC1. The molecule has 0 atom stereocenters. The minimum atomic E-state index is -0.570. The number of hydrogen-bond acceptors (Lipinski definition) is 6. The standard InChI is InChI=1S/C20H27N3O4/c1-12(2)18-16-9-14(10-21-19(16)27-22-18)20(25)26-11-17(24)23(4)15-7-5-13(3)6-8-15/h9-10,12-13,15H,5-8,11H2,1-4H3. The van der Waals surface area contributed by atoms with Gasteiger partial charge in [-0.15, -0.1) is 0 Å². The Hall–Kier alpha value is -2.44. The zero-order chi connectivity index (χ0) is 19.6. The van der Waals surface area contributed by atoms with Gasteiger partial charge in [-0.05, 0) is 43.6 Å². The van der Waals surface area contributed by atoms with Crippen LogP contribution in [-0.4, -0.2) is 46.6 Å². The highest BCUT2D eigenvalue weighted by molar-refractivity contribution is 5.94. The molecule has 7 heteroatoms. The van der Waals surface area contributed by atoms with Gasteiger partial charge in [-0.1, -0.05) is 25.9 Å². The molecule has 1 amide bonds. The number of esters is 1. The molecule has 0 aliphatic heterocycles. The molecule has 27 heavy (non-hydrogen) atoms. The molecular formula is C20H27N3O4. The molecule has 0 N–H and O–H groups in total. The lowest BCUT2D eigenvalue weighted by Crippen LogP contribution is -2.41. The molecule has 1 aliphatic carbocycles. The van der Waals surface area contributed by atoms with Crippen molar-refractivity contribution >= 4 is 23.0 Å². The summed E-state index contributed by atoms with van der Waals surface area (Å²) in [6, 6.07) is 1.89. The number of ether oxygens (including phenoxy) is 1.